The van der Waals surface area contributed by atoms with Crippen molar-refractivity contribution < 1.29 is 9.90 Å². The Morgan fingerprint density at radius 1 is 1.12 bits per heavy atom. The van der Waals surface area contributed by atoms with E-state index in [-0.39, 0.29) is 29.2 Å². The van der Waals surface area contributed by atoms with E-state index in [0.29, 0.717) is 22.6 Å². The van der Waals surface area contributed by atoms with Crippen molar-refractivity contribution in [1.29, 1.82) is 5.26 Å². The molecule has 0 aliphatic carbocycles. The quantitative estimate of drug-likeness (QED) is 0.104. The molecule has 1 amide bonds. The zero-order chi connectivity index (χ0) is 24.3. The molecular formula is C26H28N4O3S. The van der Waals surface area contributed by atoms with Gasteiger partial charge in [-0.25, -0.2) is 4.98 Å². The molecule has 1 heterocycles. The number of thioether (sulfide) groups is 1. The van der Waals surface area contributed by atoms with E-state index in [1.54, 1.807) is 22.8 Å². The number of carbonyl (C=O) groups excluding carboxylic acids is 1. The van der Waals surface area contributed by atoms with Gasteiger partial charge in [0.15, 0.2) is 10.7 Å². The average molecular weight is 477 g/mol. The van der Waals surface area contributed by atoms with Gasteiger partial charge in [0.2, 0.25) is 0 Å². The Balaban J connectivity index is 1.78. The number of hydrogen-bond donors (Lipinski definition) is 2. The number of nitrogens with one attached hydrogen (secondary N) is 1. The van der Waals surface area contributed by atoms with Crippen LogP contribution in [0.15, 0.2) is 75.9 Å². The Hall–Kier alpha value is -3.57. The molecule has 2 N–H and O–H groups in total. The molecule has 7 nitrogen and oxygen atoms in total. The van der Waals surface area contributed by atoms with Crippen LogP contribution in [0.1, 0.15) is 38.2 Å². The van der Waals surface area contributed by atoms with Crippen molar-refractivity contribution in [1.82, 2.24) is 14.9 Å². The summed E-state index contributed by atoms with van der Waals surface area (Å²) < 4.78 is 1.62. The maximum atomic E-state index is 13.1. The lowest BCUT2D eigenvalue weighted by Crippen LogP contribution is -2.25. The molecule has 0 radical (unpaired) electrons. The predicted molar refractivity (Wildman–Crippen MR) is 134 cm³/mol. The van der Waals surface area contributed by atoms with Gasteiger partial charge in [0.25, 0.3) is 11.5 Å². The van der Waals surface area contributed by atoms with Crippen molar-refractivity contribution in [2.75, 3.05) is 5.75 Å². The summed E-state index contributed by atoms with van der Waals surface area (Å²) in [6.07, 6.45) is 4.03. The number of amides is 1. The molecule has 0 saturated heterocycles. The number of fused-ring (bicyclic) bond motifs is 1. The highest BCUT2D eigenvalue weighted by Crippen LogP contribution is 2.21. The smallest absolute Gasteiger partial charge is 0.265 e. The Kier molecular flexibility index (Phi) is 9.30. The Morgan fingerprint density at radius 3 is 2.59 bits per heavy atom. The van der Waals surface area contributed by atoms with E-state index in [1.807, 2.05) is 42.5 Å². The average Bonchev–Trinajstić information content (AvgIpc) is 2.86. The lowest BCUT2D eigenvalue weighted by molar-refractivity contribution is -0.117. The second kappa shape index (κ2) is 12.6. The third-order valence-electron chi connectivity index (χ3n) is 5.32. The molecule has 0 aliphatic heterocycles. The van der Waals surface area contributed by atoms with Crippen molar-refractivity contribution in [3.05, 3.63) is 81.8 Å². The maximum absolute atomic E-state index is 13.1. The highest BCUT2D eigenvalue weighted by molar-refractivity contribution is 7.99. The molecule has 0 unspecified atom stereocenters. The molecule has 0 spiro atoms. The van der Waals surface area contributed by atoms with E-state index in [2.05, 4.69) is 17.2 Å². The summed E-state index contributed by atoms with van der Waals surface area (Å²) in [7, 11) is 0. The van der Waals surface area contributed by atoms with Gasteiger partial charge in [-0.05, 0) is 24.1 Å². The maximum Gasteiger partial charge on any atom is 0.265 e. The number of para-hydroxylation sites is 1. The number of benzene rings is 2. The molecule has 34 heavy (non-hydrogen) atoms. The number of aliphatic hydroxyl groups excluding tert-OH is 1. The van der Waals surface area contributed by atoms with E-state index >= 15 is 0 Å². The molecule has 176 valence electrons. The molecule has 0 atom stereocenters. The summed E-state index contributed by atoms with van der Waals surface area (Å²) >= 11 is 1.14. The molecular weight excluding hydrogens is 448 g/mol. The van der Waals surface area contributed by atoms with Gasteiger partial charge in [-0.15, -0.1) is 0 Å². The lowest BCUT2D eigenvalue weighted by Gasteiger charge is -2.13. The third kappa shape index (κ3) is 6.49. The van der Waals surface area contributed by atoms with Crippen molar-refractivity contribution in [3.8, 4) is 6.07 Å². The van der Waals surface area contributed by atoms with Gasteiger partial charge in [-0.1, -0.05) is 80.4 Å². The number of unbranched alkanes of at least 4 members (excludes halogenated alkanes) is 3. The summed E-state index contributed by atoms with van der Waals surface area (Å²) in [4.78, 5) is 30.2. The van der Waals surface area contributed by atoms with Crippen LogP contribution < -0.4 is 10.9 Å². The molecule has 0 fully saturated rings. The number of carbonyl (C=O) groups is 1. The van der Waals surface area contributed by atoms with E-state index in [9.17, 15) is 20.0 Å². The Bertz CT molecular complexity index is 1260. The Labute approximate surface area is 203 Å². The van der Waals surface area contributed by atoms with E-state index in [1.165, 1.54) is 0 Å². The fourth-order valence-electron chi connectivity index (χ4n) is 3.47. The van der Waals surface area contributed by atoms with Crippen molar-refractivity contribution in [2.45, 2.75) is 50.9 Å². The van der Waals surface area contributed by atoms with Gasteiger partial charge in [0, 0.05) is 13.1 Å². The van der Waals surface area contributed by atoms with E-state index in [4.69, 9.17) is 0 Å². The van der Waals surface area contributed by atoms with Gasteiger partial charge < -0.3 is 10.4 Å². The van der Waals surface area contributed by atoms with Crippen LogP contribution >= 0.6 is 11.8 Å². The molecule has 2 aromatic carbocycles. The van der Waals surface area contributed by atoms with E-state index < -0.39 is 5.91 Å². The number of nitrogens with zero attached hydrogens (tertiary/aromatic N) is 3. The first-order valence-corrected chi connectivity index (χ1v) is 12.3. The molecule has 0 saturated carbocycles. The van der Waals surface area contributed by atoms with Crippen LogP contribution in [0.3, 0.4) is 0 Å². The first kappa shape index (κ1) is 25.1. The van der Waals surface area contributed by atoms with Crippen molar-refractivity contribution in [2.24, 2.45) is 0 Å². The third-order valence-corrected chi connectivity index (χ3v) is 6.31. The van der Waals surface area contributed by atoms with Crippen LogP contribution in [0.4, 0.5) is 0 Å². The van der Waals surface area contributed by atoms with Gasteiger partial charge in [0.05, 0.1) is 16.7 Å². The highest BCUT2D eigenvalue weighted by Gasteiger charge is 2.17. The molecule has 3 rings (SSSR count). The molecule has 1 aromatic heterocycles. The molecule has 0 aliphatic rings. The summed E-state index contributed by atoms with van der Waals surface area (Å²) in [5.74, 6) is -1.05. The topological polar surface area (TPSA) is 108 Å². The van der Waals surface area contributed by atoms with Crippen LogP contribution in [0.2, 0.25) is 0 Å². The van der Waals surface area contributed by atoms with Crippen LogP contribution in [0, 0.1) is 11.3 Å². The van der Waals surface area contributed by atoms with Gasteiger partial charge in [-0.3, -0.25) is 14.2 Å². The molecule has 8 heteroatoms. The minimum Gasteiger partial charge on any atom is -0.510 e. The van der Waals surface area contributed by atoms with Crippen LogP contribution in [-0.4, -0.2) is 26.3 Å². The normalized spacial score (nSPS) is 11.6. The second-order valence-electron chi connectivity index (χ2n) is 7.82. The summed E-state index contributed by atoms with van der Waals surface area (Å²) in [6, 6.07) is 18.2. The molecule has 3 aromatic rings. The fraction of sp³-hybridized carbons (Fsp3) is 0.308. The van der Waals surface area contributed by atoms with Crippen molar-refractivity contribution in [3.63, 3.8) is 0 Å². The fourth-order valence-corrected chi connectivity index (χ4v) is 4.37. The molecule has 0 bridgehead atoms. The monoisotopic (exact) mass is 476 g/mol. The number of nitriles is 1. The zero-order valence-corrected chi connectivity index (χ0v) is 20.0. The van der Waals surface area contributed by atoms with Crippen LogP contribution in [-0.2, 0) is 17.9 Å². The van der Waals surface area contributed by atoms with E-state index in [0.717, 1.165) is 43.0 Å². The largest absolute Gasteiger partial charge is 0.510 e. The number of hydrogen-bond acceptors (Lipinski definition) is 6. The first-order chi connectivity index (χ1) is 16.5. The number of rotatable bonds is 11. The standard InChI is InChI=1S/C26H28N4O3S/c1-2-3-4-10-15-30-25(33)20-13-8-9-14-22(20)29-26(30)34-18-23(31)21(16-27)24(32)28-17-19-11-6-5-7-12-19/h5-9,11-14,31H,2-4,10,15,17-18H2,1H3,(H,28,32)/b23-21-. The number of aliphatic hydroxyl groups is 1. The zero-order valence-electron chi connectivity index (χ0n) is 19.2. The van der Waals surface area contributed by atoms with Crippen LogP contribution in [0.5, 0.6) is 0 Å². The summed E-state index contributed by atoms with van der Waals surface area (Å²) in [5, 5.41) is 23.6. The second-order valence-corrected chi connectivity index (χ2v) is 8.76. The lowest BCUT2D eigenvalue weighted by atomic mass is 10.2. The minimum atomic E-state index is -0.645. The van der Waals surface area contributed by atoms with Gasteiger partial charge in [-0.2, -0.15) is 5.26 Å². The number of aromatic nitrogens is 2. The Morgan fingerprint density at radius 2 is 1.85 bits per heavy atom. The first-order valence-electron chi connectivity index (χ1n) is 11.3. The van der Waals surface area contributed by atoms with Crippen LogP contribution in [0.25, 0.3) is 10.9 Å². The SMILES string of the molecule is CCCCCCn1c(SC/C(O)=C(\C#N)C(=O)NCc2ccccc2)nc2ccccc2c1=O. The van der Waals surface area contributed by atoms with Gasteiger partial charge >= 0.3 is 0 Å². The highest BCUT2D eigenvalue weighted by atomic mass is 32.2. The van der Waals surface area contributed by atoms with Crippen molar-refractivity contribution >= 4 is 28.6 Å². The summed E-state index contributed by atoms with van der Waals surface area (Å²) in [6.45, 7) is 2.89. The summed E-state index contributed by atoms with van der Waals surface area (Å²) in [5.41, 5.74) is 0.981. The minimum absolute atomic E-state index is 0.0542. The van der Waals surface area contributed by atoms with Gasteiger partial charge in [0.1, 0.15) is 11.8 Å². The predicted octanol–water partition coefficient (Wildman–Crippen LogP) is 4.72.